The van der Waals surface area contributed by atoms with Crippen LogP contribution in [-0.4, -0.2) is 32.6 Å². The molecule has 25 heavy (non-hydrogen) atoms. The molecule has 2 N–H and O–H groups in total. The van der Waals surface area contributed by atoms with Gasteiger partial charge in [0.25, 0.3) is 0 Å². The molecule has 0 spiro atoms. The molecule has 0 atom stereocenters. The second kappa shape index (κ2) is 7.62. The number of carbonyl (C=O) groups is 1. The minimum atomic E-state index is -4.19. The highest BCUT2D eigenvalue weighted by Gasteiger charge is 2.20. The van der Waals surface area contributed by atoms with Crippen LogP contribution in [0.3, 0.4) is 0 Å². The van der Waals surface area contributed by atoms with Gasteiger partial charge in [0.15, 0.2) is 0 Å². The lowest BCUT2D eigenvalue weighted by molar-refractivity contribution is 0.0696. The summed E-state index contributed by atoms with van der Waals surface area (Å²) in [5.74, 6) is -1.73. The van der Waals surface area contributed by atoms with Crippen molar-refractivity contribution in [3.63, 3.8) is 0 Å². The van der Waals surface area contributed by atoms with Crippen LogP contribution < -0.4 is 9.46 Å². The number of rotatable bonds is 7. The van der Waals surface area contributed by atoms with Crippen LogP contribution >= 0.6 is 0 Å². The van der Waals surface area contributed by atoms with Crippen LogP contribution in [0.1, 0.15) is 21.5 Å². The number of carboxylic acids is 1. The number of ether oxygens (including phenoxy) is 1. The first-order chi connectivity index (χ1) is 11.7. The maximum Gasteiger partial charge on any atom is 0.335 e. The lowest BCUT2D eigenvalue weighted by Crippen LogP contribution is -2.29. The molecule has 0 heterocycles. The number of carboxylic acid groups (broad SMARTS) is 1. The van der Waals surface area contributed by atoms with E-state index in [1.54, 1.807) is 6.07 Å². The Balaban J connectivity index is 2.02. The Kier molecular flexibility index (Phi) is 5.76. The molecule has 134 valence electrons. The summed E-state index contributed by atoms with van der Waals surface area (Å²) >= 11 is 0. The molecule has 2 aromatic carbocycles. The summed E-state index contributed by atoms with van der Waals surface area (Å²) in [5, 5.41) is 8.89. The predicted octanol–water partition coefficient (Wildman–Crippen LogP) is 2.50. The Morgan fingerprint density at radius 3 is 2.56 bits per heavy atom. The smallest absolute Gasteiger partial charge is 0.335 e. The maximum absolute atomic E-state index is 13.8. The van der Waals surface area contributed by atoms with E-state index in [2.05, 4.69) is 4.72 Å². The molecule has 0 unspecified atom stereocenters. The fraction of sp³-hybridized carbons (Fsp3) is 0.235. The van der Waals surface area contributed by atoms with Crippen LogP contribution in [0.2, 0.25) is 0 Å². The molecule has 0 fully saturated rings. The highest BCUT2D eigenvalue weighted by Crippen LogP contribution is 2.19. The molecule has 0 bridgehead atoms. The monoisotopic (exact) mass is 367 g/mol. The third-order valence-corrected chi connectivity index (χ3v) is 4.93. The van der Waals surface area contributed by atoms with Crippen molar-refractivity contribution in [3.05, 3.63) is 58.9 Å². The molecule has 8 heteroatoms. The first-order valence-electron chi connectivity index (χ1n) is 7.43. The first kappa shape index (κ1) is 18.9. The molecule has 6 nitrogen and oxygen atoms in total. The van der Waals surface area contributed by atoms with Crippen LogP contribution in [0.15, 0.2) is 41.3 Å². The average molecular weight is 367 g/mol. The number of halogens is 1. The van der Waals surface area contributed by atoms with Gasteiger partial charge in [0.2, 0.25) is 10.0 Å². The van der Waals surface area contributed by atoms with Gasteiger partial charge in [-0.15, -0.1) is 0 Å². The largest absolute Gasteiger partial charge is 0.492 e. The van der Waals surface area contributed by atoms with Crippen LogP contribution in [-0.2, 0) is 10.0 Å². The maximum atomic E-state index is 13.8. The number of benzene rings is 2. The number of hydrogen-bond donors (Lipinski definition) is 2. The molecule has 0 saturated heterocycles. The second-order valence-corrected chi connectivity index (χ2v) is 7.20. The van der Waals surface area contributed by atoms with Gasteiger partial charge in [0, 0.05) is 6.54 Å². The molecule has 0 amide bonds. The molecule has 0 saturated carbocycles. The van der Waals surface area contributed by atoms with Gasteiger partial charge in [0.05, 0.1) is 5.56 Å². The van der Waals surface area contributed by atoms with Crippen molar-refractivity contribution in [2.45, 2.75) is 18.7 Å². The van der Waals surface area contributed by atoms with Crippen LogP contribution in [0.25, 0.3) is 0 Å². The van der Waals surface area contributed by atoms with Crippen molar-refractivity contribution >= 4 is 16.0 Å². The van der Waals surface area contributed by atoms with E-state index in [1.165, 1.54) is 0 Å². The number of nitrogens with one attached hydrogen (secondary N) is 1. The summed E-state index contributed by atoms with van der Waals surface area (Å²) in [5.41, 5.74) is 1.69. The van der Waals surface area contributed by atoms with Gasteiger partial charge in [-0.25, -0.2) is 22.3 Å². The Labute approximate surface area is 145 Å². The Morgan fingerprint density at radius 1 is 1.20 bits per heavy atom. The van der Waals surface area contributed by atoms with Crippen molar-refractivity contribution in [1.29, 1.82) is 0 Å². The van der Waals surface area contributed by atoms with Crippen molar-refractivity contribution in [2.75, 3.05) is 13.2 Å². The first-order valence-corrected chi connectivity index (χ1v) is 8.91. The normalized spacial score (nSPS) is 11.3. The number of aromatic carboxylic acids is 1. The Bertz CT molecular complexity index is 896. The number of aryl methyl sites for hydroxylation is 2. The van der Waals surface area contributed by atoms with Gasteiger partial charge in [-0.2, -0.15) is 0 Å². The SMILES string of the molecule is Cc1ccc(OCCNS(=O)(=O)c2cc(C(=O)O)ccc2F)c(C)c1. The number of hydrogen-bond acceptors (Lipinski definition) is 4. The highest BCUT2D eigenvalue weighted by atomic mass is 32.2. The molecule has 0 aliphatic carbocycles. The van der Waals surface area contributed by atoms with Gasteiger partial charge in [-0.1, -0.05) is 17.7 Å². The van der Waals surface area contributed by atoms with E-state index in [0.29, 0.717) is 5.75 Å². The van der Waals surface area contributed by atoms with Gasteiger partial charge < -0.3 is 9.84 Å². The lowest BCUT2D eigenvalue weighted by atomic mass is 10.1. The quantitative estimate of drug-likeness (QED) is 0.734. The topological polar surface area (TPSA) is 92.7 Å². The molecule has 0 aliphatic heterocycles. The van der Waals surface area contributed by atoms with E-state index >= 15 is 0 Å². The minimum absolute atomic E-state index is 0.0450. The fourth-order valence-electron chi connectivity index (χ4n) is 2.22. The Morgan fingerprint density at radius 2 is 1.92 bits per heavy atom. The minimum Gasteiger partial charge on any atom is -0.492 e. The molecule has 2 rings (SSSR count). The van der Waals surface area contributed by atoms with Crippen LogP contribution in [0.4, 0.5) is 4.39 Å². The second-order valence-electron chi connectivity index (χ2n) is 5.47. The van der Waals surface area contributed by atoms with Gasteiger partial charge in [0.1, 0.15) is 23.1 Å². The summed E-state index contributed by atoms with van der Waals surface area (Å²) in [4.78, 5) is 10.2. The highest BCUT2D eigenvalue weighted by molar-refractivity contribution is 7.89. The summed E-state index contributed by atoms with van der Waals surface area (Å²) in [7, 11) is -4.19. The fourth-order valence-corrected chi connectivity index (χ4v) is 3.33. The van der Waals surface area contributed by atoms with E-state index in [0.717, 1.165) is 29.3 Å². The molecule has 0 aromatic heterocycles. The van der Waals surface area contributed by atoms with Crippen LogP contribution in [0.5, 0.6) is 5.75 Å². The van der Waals surface area contributed by atoms with Crippen molar-refractivity contribution in [2.24, 2.45) is 0 Å². The van der Waals surface area contributed by atoms with E-state index < -0.39 is 26.7 Å². The third kappa shape index (κ3) is 4.77. The van der Waals surface area contributed by atoms with Gasteiger partial charge in [-0.3, -0.25) is 0 Å². The Hall–Kier alpha value is -2.45. The van der Waals surface area contributed by atoms with E-state index in [9.17, 15) is 17.6 Å². The molecule has 0 radical (unpaired) electrons. The standard InChI is InChI=1S/C17H18FNO5S/c1-11-3-6-15(12(2)9-11)24-8-7-19-25(22,23)16-10-13(17(20)21)4-5-14(16)18/h3-6,9-10,19H,7-8H2,1-2H3,(H,20,21). The molecule has 2 aromatic rings. The van der Waals surface area contributed by atoms with E-state index in [-0.39, 0.29) is 18.7 Å². The van der Waals surface area contributed by atoms with Gasteiger partial charge >= 0.3 is 5.97 Å². The predicted molar refractivity (Wildman–Crippen MR) is 90.0 cm³/mol. The van der Waals surface area contributed by atoms with Crippen LogP contribution in [0, 0.1) is 19.7 Å². The molecule has 0 aliphatic rings. The summed E-state index contributed by atoms with van der Waals surface area (Å²) in [6.07, 6.45) is 0. The zero-order valence-electron chi connectivity index (χ0n) is 13.7. The van der Waals surface area contributed by atoms with Crippen molar-refractivity contribution in [3.8, 4) is 5.75 Å². The van der Waals surface area contributed by atoms with Gasteiger partial charge in [-0.05, 0) is 43.7 Å². The summed E-state index contributed by atoms with van der Waals surface area (Å²) < 4.78 is 45.8. The third-order valence-electron chi connectivity index (χ3n) is 3.45. The lowest BCUT2D eigenvalue weighted by Gasteiger charge is -2.11. The average Bonchev–Trinajstić information content (AvgIpc) is 2.53. The molecular weight excluding hydrogens is 349 g/mol. The van der Waals surface area contributed by atoms with Crippen molar-refractivity contribution < 1.29 is 27.4 Å². The zero-order valence-corrected chi connectivity index (χ0v) is 14.6. The summed E-state index contributed by atoms with van der Waals surface area (Å²) in [6, 6.07) is 8.19. The molecular formula is C17H18FNO5S. The van der Waals surface area contributed by atoms with E-state index in [1.807, 2.05) is 26.0 Å². The van der Waals surface area contributed by atoms with E-state index in [4.69, 9.17) is 9.84 Å². The van der Waals surface area contributed by atoms with Crippen molar-refractivity contribution in [1.82, 2.24) is 4.72 Å². The zero-order chi connectivity index (χ0) is 18.6. The number of sulfonamides is 1. The summed E-state index contributed by atoms with van der Waals surface area (Å²) in [6.45, 7) is 3.78.